The number of sulfone groups is 1. The monoisotopic (exact) mass is 304 g/mol. The molecular formula is C13H24N2O4S. The molecule has 1 aliphatic heterocycles. The molecule has 0 radical (unpaired) electrons. The first-order chi connectivity index (χ1) is 9.25. The van der Waals surface area contributed by atoms with Crippen LogP contribution in [0.5, 0.6) is 0 Å². The fourth-order valence-corrected chi connectivity index (χ4v) is 5.57. The molecule has 2 rings (SSSR count). The number of carboxylic acid groups (broad SMARTS) is 1. The maximum Gasteiger partial charge on any atom is 0.305 e. The van der Waals surface area contributed by atoms with Crippen LogP contribution in [0.1, 0.15) is 25.7 Å². The zero-order valence-corrected chi connectivity index (χ0v) is 13.0. The smallest absolute Gasteiger partial charge is 0.305 e. The Morgan fingerprint density at radius 1 is 1.30 bits per heavy atom. The maximum absolute atomic E-state index is 12.1. The lowest BCUT2D eigenvalue weighted by molar-refractivity contribution is -0.140. The second kappa shape index (κ2) is 5.61. The van der Waals surface area contributed by atoms with Gasteiger partial charge in [-0.3, -0.25) is 9.69 Å². The van der Waals surface area contributed by atoms with Crippen LogP contribution in [-0.2, 0) is 14.6 Å². The van der Waals surface area contributed by atoms with Crippen LogP contribution in [0.3, 0.4) is 0 Å². The van der Waals surface area contributed by atoms with E-state index in [1.54, 1.807) is 0 Å². The number of hydrogen-bond donors (Lipinski definition) is 1. The SMILES string of the molecule is CN1CCN(C2(CC(=O)O)CCCC2S(C)(=O)=O)CC1. The number of piperazine rings is 1. The normalized spacial score (nSPS) is 33.4. The minimum absolute atomic E-state index is 0.0749. The summed E-state index contributed by atoms with van der Waals surface area (Å²) < 4.78 is 24.2. The molecule has 0 amide bonds. The van der Waals surface area contributed by atoms with Crippen molar-refractivity contribution in [2.24, 2.45) is 0 Å². The van der Waals surface area contributed by atoms with Crippen molar-refractivity contribution in [3.05, 3.63) is 0 Å². The summed E-state index contributed by atoms with van der Waals surface area (Å²) in [6.07, 6.45) is 3.21. The summed E-state index contributed by atoms with van der Waals surface area (Å²) in [5, 5.41) is 8.73. The lowest BCUT2D eigenvalue weighted by Gasteiger charge is -2.47. The first kappa shape index (κ1) is 15.7. The van der Waals surface area contributed by atoms with Gasteiger partial charge in [0.05, 0.1) is 11.7 Å². The average Bonchev–Trinajstić information content (AvgIpc) is 2.73. The second-order valence-electron chi connectivity index (χ2n) is 6.17. The number of nitrogens with zero attached hydrogens (tertiary/aromatic N) is 2. The van der Waals surface area contributed by atoms with Crippen LogP contribution in [0, 0.1) is 0 Å². The Balaban J connectivity index is 2.32. The van der Waals surface area contributed by atoms with Gasteiger partial charge in [-0.1, -0.05) is 6.42 Å². The summed E-state index contributed by atoms with van der Waals surface area (Å²) in [4.78, 5) is 15.6. The van der Waals surface area contributed by atoms with Crippen molar-refractivity contribution in [2.75, 3.05) is 39.5 Å². The number of aliphatic carboxylic acids is 1. The van der Waals surface area contributed by atoms with Gasteiger partial charge in [0.15, 0.2) is 9.84 Å². The van der Waals surface area contributed by atoms with Gasteiger partial charge in [0.1, 0.15) is 0 Å². The molecule has 1 N–H and O–H groups in total. The summed E-state index contributed by atoms with van der Waals surface area (Å²) in [5.74, 6) is -0.903. The Morgan fingerprint density at radius 3 is 2.40 bits per heavy atom. The first-order valence-electron chi connectivity index (χ1n) is 7.10. The first-order valence-corrected chi connectivity index (χ1v) is 9.05. The lowest BCUT2D eigenvalue weighted by Crippen LogP contribution is -2.62. The number of carbonyl (C=O) groups is 1. The van der Waals surface area contributed by atoms with Crippen molar-refractivity contribution in [3.8, 4) is 0 Å². The van der Waals surface area contributed by atoms with Gasteiger partial charge >= 0.3 is 5.97 Å². The molecule has 1 saturated carbocycles. The van der Waals surface area contributed by atoms with Gasteiger partial charge in [-0.15, -0.1) is 0 Å². The Bertz CT molecular complexity index is 471. The quantitative estimate of drug-likeness (QED) is 0.790. The third-order valence-corrected chi connectivity index (χ3v) is 6.49. The van der Waals surface area contributed by atoms with E-state index >= 15 is 0 Å². The molecule has 2 atom stereocenters. The molecule has 0 aromatic rings. The largest absolute Gasteiger partial charge is 0.481 e. The van der Waals surface area contributed by atoms with Crippen molar-refractivity contribution in [2.45, 2.75) is 36.5 Å². The molecule has 2 fully saturated rings. The topological polar surface area (TPSA) is 77.9 Å². The minimum atomic E-state index is -3.24. The van der Waals surface area contributed by atoms with E-state index in [4.69, 9.17) is 0 Å². The highest BCUT2D eigenvalue weighted by Crippen LogP contribution is 2.42. The molecule has 2 aliphatic rings. The number of likely N-dealkylation sites (N-methyl/N-ethyl adjacent to an activating group) is 1. The van der Waals surface area contributed by atoms with Crippen LogP contribution in [0.4, 0.5) is 0 Å². The minimum Gasteiger partial charge on any atom is -0.481 e. The Morgan fingerprint density at radius 2 is 1.90 bits per heavy atom. The van der Waals surface area contributed by atoms with E-state index in [0.29, 0.717) is 12.8 Å². The standard InChI is InChI=1S/C13H24N2O4S/c1-14-6-8-15(9-7-14)13(10-12(16)17)5-3-4-11(13)20(2,18)19/h11H,3-10H2,1-2H3,(H,16,17). The second-order valence-corrected chi connectivity index (χ2v) is 8.40. The molecule has 6 nitrogen and oxygen atoms in total. The van der Waals surface area contributed by atoms with Crippen molar-refractivity contribution >= 4 is 15.8 Å². The molecule has 1 heterocycles. The van der Waals surface area contributed by atoms with E-state index < -0.39 is 26.6 Å². The molecule has 1 aliphatic carbocycles. The van der Waals surface area contributed by atoms with Crippen LogP contribution >= 0.6 is 0 Å². The lowest BCUT2D eigenvalue weighted by atomic mass is 9.89. The van der Waals surface area contributed by atoms with E-state index in [9.17, 15) is 18.3 Å². The van der Waals surface area contributed by atoms with E-state index in [0.717, 1.165) is 32.6 Å². The summed E-state index contributed by atoms with van der Waals surface area (Å²) in [5.41, 5.74) is -0.708. The van der Waals surface area contributed by atoms with E-state index in [2.05, 4.69) is 9.80 Å². The highest BCUT2D eigenvalue weighted by Gasteiger charge is 2.53. The molecule has 0 aromatic carbocycles. The van der Waals surface area contributed by atoms with E-state index in [1.165, 1.54) is 6.26 Å². The predicted molar refractivity (Wildman–Crippen MR) is 76.5 cm³/mol. The van der Waals surface area contributed by atoms with Crippen LogP contribution in [0.2, 0.25) is 0 Å². The van der Waals surface area contributed by atoms with Crippen LogP contribution in [-0.4, -0.2) is 79.6 Å². The fourth-order valence-electron chi connectivity index (χ4n) is 3.83. The molecule has 0 aromatic heterocycles. The van der Waals surface area contributed by atoms with Gasteiger partial charge in [0.25, 0.3) is 0 Å². The van der Waals surface area contributed by atoms with Gasteiger partial charge < -0.3 is 10.0 Å². The average molecular weight is 304 g/mol. The Hall–Kier alpha value is -0.660. The highest BCUT2D eigenvalue weighted by atomic mass is 32.2. The molecule has 116 valence electrons. The Labute approximate surface area is 120 Å². The van der Waals surface area contributed by atoms with E-state index in [-0.39, 0.29) is 6.42 Å². The van der Waals surface area contributed by atoms with Crippen molar-refractivity contribution in [1.82, 2.24) is 9.80 Å². The van der Waals surface area contributed by atoms with Gasteiger partial charge in [-0.25, -0.2) is 8.42 Å². The molecule has 0 bridgehead atoms. The Kier molecular flexibility index (Phi) is 4.41. The van der Waals surface area contributed by atoms with Crippen molar-refractivity contribution in [3.63, 3.8) is 0 Å². The summed E-state index contributed by atoms with van der Waals surface area (Å²) in [6.45, 7) is 3.21. The number of carboxylic acids is 1. The third kappa shape index (κ3) is 2.99. The summed E-state index contributed by atoms with van der Waals surface area (Å²) in [7, 11) is -1.21. The van der Waals surface area contributed by atoms with Crippen molar-refractivity contribution in [1.29, 1.82) is 0 Å². The van der Waals surface area contributed by atoms with Gasteiger partial charge in [-0.05, 0) is 19.9 Å². The number of rotatable bonds is 4. The van der Waals surface area contributed by atoms with Crippen molar-refractivity contribution < 1.29 is 18.3 Å². The van der Waals surface area contributed by atoms with Crippen LogP contribution in [0.25, 0.3) is 0 Å². The summed E-state index contributed by atoms with van der Waals surface area (Å²) >= 11 is 0. The number of hydrogen-bond acceptors (Lipinski definition) is 5. The van der Waals surface area contributed by atoms with Gasteiger partial charge in [-0.2, -0.15) is 0 Å². The molecule has 1 saturated heterocycles. The molecule has 20 heavy (non-hydrogen) atoms. The molecule has 0 spiro atoms. The zero-order valence-electron chi connectivity index (χ0n) is 12.2. The molecule has 7 heteroatoms. The molecule has 2 unspecified atom stereocenters. The van der Waals surface area contributed by atoms with E-state index in [1.807, 2.05) is 7.05 Å². The predicted octanol–water partition coefficient (Wildman–Crippen LogP) is 0.0444. The molecular weight excluding hydrogens is 280 g/mol. The van der Waals surface area contributed by atoms with Crippen LogP contribution in [0.15, 0.2) is 0 Å². The maximum atomic E-state index is 12.1. The third-order valence-electron chi connectivity index (χ3n) is 4.78. The zero-order chi connectivity index (χ0) is 15.0. The fraction of sp³-hybridized carbons (Fsp3) is 0.923. The van der Waals surface area contributed by atoms with Gasteiger partial charge in [0.2, 0.25) is 0 Å². The van der Waals surface area contributed by atoms with Gasteiger partial charge in [0, 0.05) is 38.0 Å². The highest BCUT2D eigenvalue weighted by molar-refractivity contribution is 7.91. The van der Waals surface area contributed by atoms with Crippen LogP contribution < -0.4 is 0 Å². The summed E-state index contributed by atoms with van der Waals surface area (Å²) in [6, 6.07) is 0.